The molecule has 2 aromatic carbocycles. The van der Waals surface area contributed by atoms with Crippen molar-refractivity contribution >= 4 is 5.69 Å². The number of nitrogen functional groups attached to an aromatic ring is 1. The van der Waals surface area contributed by atoms with Crippen LogP contribution in [0.1, 0.15) is 17.2 Å². The molecule has 0 aromatic heterocycles. The van der Waals surface area contributed by atoms with E-state index < -0.39 is 0 Å². The lowest BCUT2D eigenvalue weighted by molar-refractivity contribution is 0.394. The van der Waals surface area contributed by atoms with Gasteiger partial charge in [0.2, 0.25) is 0 Å². The maximum absolute atomic E-state index is 6.03. The normalized spacial score (nSPS) is 11.9. The number of ether oxygens (including phenoxy) is 2. The molecule has 0 saturated carbocycles. The minimum atomic E-state index is -0.277. The van der Waals surface area contributed by atoms with Crippen molar-refractivity contribution in [1.82, 2.24) is 5.43 Å². The maximum Gasteiger partial charge on any atom is 0.124 e. The Kier molecular flexibility index (Phi) is 4.45. The van der Waals surface area contributed by atoms with Crippen molar-refractivity contribution in [3.8, 4) is 11.5 Å². The molecule has 0 heterocycles. The average Bonchev–Trinajstić information content (AvgIpc) is 2.49. The fourth-order valence-corrected chi connectivity index (χ4v) is 2.19. The van der Waals surface area contributed by atoms with Gasteiger partial charge in [-0.1, -0.05) is 18.2 Å². The summed E-state index contributed by atoms with van der Waals surface area (Å²) in [5.74, 6) is 7.17. The molecule has 2 rings (SSSR count). The lowest BCUT2D eigenvalue weighted by atomic mass is 9.96. The van der Waals surface area contributed by atoms with Gasteiger partial charge in [0, 0.05) is 11.3 Å². The second kappa shape index (κ2) is 6.27. The van der Waals surface area contributed by atoms with Crippen LogP contribution in [0.15, 0.2) is 42.5 Å². The van der Waals surface area contributed by atoms with E-state index >= 15 is 0 Å². The number of para-hydroxylation sites is 1. The Morgan fingerprint density at radius 2 is 1.75 bits per heavy atom. The summed E-state index contributed by atoms with van der Waals surface area (Å²) < 4.78 is 10.7. The Balaban J connectivity index is 2.54. The van der Waals surface area contributed by atoms with Crippen molar-refractivity contribution in [2.75, 3.05) is 20.0 Å². The second-order valence-corrected chi connectivity index (χ2v) is 4.34. The van der Waals surface area contributed by atoms with E-state index in [1.807, 2.05) is 42.5 Å². The van der Waals surface area contributed by atoms with Crippen LogP contribution in [0.25, 0.3) is 0 Å². The van der Waals surface area contributed by atoms with Crippen molar-refractivity contribution in [2.45, 2.75) is 6.04 Å². The van der Waals surface area contributed by atoms with E-state index in [2.05, 4.69) is 5.43 Å². The number of hydrogen-bond acceptors (Lipinski definition) is 5. The highest BCUT2D eigenvalue weighted by Crippen LogP contribution is 2.34. The van der Waals surface area contributed by atoms with Gasteiger partial charge >= 0.3 is 0 Å². The Morgan fingerprint density at radius 3 is 2.35 bits per heavy atom. The quantitative estimate of drug-likeness (QED) is 0.440. The SMILES string of the molecule is COc1ccc(OC)c(C(NN)c2ccccc2N)c1. The number of rotatable bonds is 5. The lowest BCUT2D eigenvalue weighted by Gasteiger charge is -2.21. The van der Waals surface area contributed by atoms with Gasteiger partial charge in [0.05, 0.1) is 20.3 Å². The van der Waals surface area contributed by atoms with E-state index in [1.54, 1.807) is 14.2 Å². The molecule has 0 aliphatic rings. The molecule has 0 bridgehead atoms. The molecule has 0 aliphatic heterocycles. The summed E-state index contributed by atoms with van der Waals surface area (Å²) in [5.41, 5.74) is 11.2. The van der Waals surface area contributed by atoms with Gasteiger partial charge in [-0.25, -0.2) is 5.43 Å². The van der Waals surface area contributed by atoms with E-state index in [1.165, 1.54) is 0 Å². The number of hydrazine groups is 1. The highest BCUT2D eigenvalue weighted by molar-refractivity contribution is 5.54. The molecule has 5 N–H and O–H groups in total. The summed E-state index contributed by atoms with van der Waals surface area (Å²) in [5, 5.41) is 0. The van der Waals surface area contributed by atoms with E-state index in [0.717, 1.165) is 22.6 Å². The van der Waals surface area contributed by atoms with Crippen molar-refractivity contribution in [3.63, 3.8) is 0 Å². The van der Waals surface area contributed by atoms with Gasteiger partial charge in [0.15, 0.2) is 0 Å². The molecular formula is C15H19N3O2. The molecule has 0 spiro atoms. The van der Waals surface area contributed by atoms with Gasteiger partial charge in [-0.2, -0.15) is 0 Å². The largest absolute Gasteiger partial charge is 0.497 e. The van der Waals surface area contributed by atoms with Crippen LogP contribution in [-0.2, 0) is 0 Å². The van der Waals surface area contributed by atoms with Crippen LogP contribution in [0, 0.1) is 0 Å². The van der Waals surface area contributed by atoms with E-state index in [-0.39, 0.29) is 6.04 Å². The van der Waals surface area contributed by atoms with Gasteiger partial charge in [-0.05, 0) is 29.8 Å². The van der Waals surface area contributed by atoms with Gasteiger partial charge in [0.1, 0.15) is 11.5 Å². The number of nitrogens with one attached hydrogen (secondary N) is 1. The average molecular weight is 273 g/mol. The third-order valence-electron chi connectivity index (χ3n) is 3.22. The molecule has 20 heavy (non-hydrogen) atoms. The van der Waals surface area contributed by atoms with Crippen LogP contribution in [0.3, 0.4) is 0 Å². The molecule has 2 aromatic rings. The molecule has 0 aliphatic carbocycles. The Labute approximate surface area is 118 Å². The zero-order chi connectivity index (χ0) is 14.5. The highest BCUT2D eigenvalue weighted by Gasteiger charge is 2.19. The van der Waals surface area contributed by atoms with Crippen LogP contribution in [-0.4, -0.2) is 14.2 Å². The first-order chi connectivity index (χ1) is 9.71. The molecule has 0 radical (unpaired) electrons. The van der Waals surface area contributed by atoms with Crippen LogP contribution < -0.4 is 26.5 Å². The third-order valence-corrected chi connectivity index (χ3v) is 3.22. The van der Waals surface area contributed by atoms with Crippen molar-refractivity contribution in [1.29, 1.82) is 0 Å². The summed E-state index contributed by atoms with van der Waals surface area (Å²) in [6.45, 7) is 0. The fraction of sp³-hybridized carbons (Fsp3) is 0.200. The van der Waals surface area contributed by atoms with Crippen molar-refractivity contribution < 1.29 is 9.47 Å². The maximum atomic E-state index is 6.03. The number of methoxy groups -OCH3 is 2. The van der Waals surface area contributed by atoms with Gasteiger partial charge < -0.3 is 15.2 Å². The molecule has 1 unspecified atom stereocenters. The molecule has 0 fully saturated rings. The van der Waals surface area contributed by atoms with Crippen LogP contribution in [0.5, 0.6) is 11.5 Å². The minimum Gasteiger partial charge on any atom is -0.497 e. The van der Waals surface area contributed by atoms with Gasteiger partial charge in [0.25, 0.3) is 0 Å². The van der Waals surface area contributed by atoms with E-state index in [9.17, 15) is 0 Å². The monoisotopic (exact) mass is 273 g/mol. The smallest absolute Gasteiger partial charge is 0.124 e. The molecule has 5 nitrogen and oxygen atoms in total. The van der Waals surface area contributed by atoms with E-state index in [0.29, 0.717) is 5.69 Å². The zero-order valence-corrected chi connectivity index (χ0v) is 11.6. The van der Waals surface area contributed by atoms with Gasteiger partial charge in [-0.15, -0.1) is 0 Å². The molecule has 0 amide bonds. The number of nitrogens with two attached hydrogens (primary N) is 2. The Morgan fingerprint density at radius 1 is 1.00 bits per heavy atom. The zero-order valence-electron chi connectivity index (χ0n) is 11.6. The standard InChI is InChI=1S/C15H19N3O2/c1-19-10-7-8-14(20-2)12(9-10)15(18-17)11-5-3-4-6-13(11)16/h3-9,15,18H,16-17H2,1-2H3. The molecular weight excluding hydrogens is 254 g/mol. The van der Waals surface area contributed by atoms with Gasteiger partial charge in [-0.3, -0.25) is 5.84 Å². The number of hydrogen-bond donors (Lipinski definition) is 3. The van der Waals surface area contributed by atoms with Crippen LogP contribution >= 0.6 is 0 Å². The molecule has 5 heteroatoms. The second-order valence-electron chi connectivity index (χ2n) is 4.34. The topological polar surface area (TPSA) is 82.5 Å². The summed E-state index contributed by atoms with van der Waals surface area (Å²) in [6, 6.07) is 12.9. The summed E-state index contributed by atoms with van der Waals surface area (Å²) in [4.78, 5) is 0. The molecule has 0 saturated heterocycles. The first-order valence-electron chi connectivity index (χ1n) is 6.23. The van der Waals surface area contributed by atoms with Crippen molar-refractivity contribution in [2.24, 2.45) is 5.84 Å². The first kappa shape index (κ1) is 14.2. The van der Waals surface area contributed by atoms with E-state index in [4.69, 9.17) is 21.1 Å². The first-order valence-corrected chi connectivity index (χ1v) is 6.23. The summed E-state index contributed by atoms with van der Waals surface area (Å²) in [6.07, 6.45) is 0. The number of benzene rings is 2. The summed E-state index contributed by atoms with van der Waals surface area (Å²) in [7, 11) is 3.24. The predicted octanol–water partition coefficient (Wildman–Crippen LogP) is 1.84. The minimum absolute atomic E-state index is 0.277. The van der Waals surface area contributed by atoms with Crippen LogP contribution in [0.4, 0.5) is 5.69 Å². The number of anilines is 1. The highest BCUT2D eigenvalue weighted by atomic mass is 16.5. The van der Waals surface area contributed by atoms with Crippen molar-refractivity contribution in [3.05, 3.63) is 53.6 Å². The molecule has 1 atom stereocenters. The summed E-state index contributed by atoms with van der Waals surface area (Å²) >= 11 is 0. The Bertz CT molecular complexity index is 587. The fourth-order valence-electron chi connectivity index (χ4n) is 2.19. The molecule has 106 valence electrons. The lowest BCUT2D eigenvalue weighted by Crippen LogP contribution is -2.29. The van der Waals surface area contributed by atoms with Crippen LogP contribution in [0.2, 0.25) is 0 Å². The Hall–Kier alpha value is -2.24. The third kappa shape index (κ3) is 2.68. The predicted molar refractivity (Wildman–Crippen MR) is 79.6 cm³/mol.